The predicted octanol–water partition coefficient (Wildman–Crippen LogP) is 6.56. The first-order valence-electron chi connectivity index (χ1n) is 17.1. The molecule has 1 saturated carbocycles. The molecule has 6 rings (SSSR count). The van der Waals surface area contributed by atoms with Gasteiger partial charge in [-0.1, -0.05) is 66.9 Å². The molecule has 2 aliphatic rings. The van der Waals surface area contributed by atoms with E-state index in [1.165, 1.54) is 7.11 Å². The van der Waals surface area contributed by atoms with Gasteiger partial charge >= 0.3 is 12.1 Å². The molecule has 5 N–H and O–H groups in total. The Bertz CT molecular complexity index is 1930. The second kappa shape index (κ2) is 16.0. The third-order valence-electron chi connectivity index (χ3n) is 9.52. The predicted molar refractivity (Wildman–Crippen MR) is 189 cm³/mol. The molecule has 0 aliphatic heterocycles. The standard InChI is InChI=1S/C37H40ClF3N6O5/c1-51-35-20(17-43-28-11-3-4-12-30(28)48)13-15-27(46-35)25-10-6-9-24(32(25)38)21-7-5-8-23-22(21)14-16-26(23)45-34-33(37(39,40)41)44-29(36(47-34)52-2)18-42-19-31(49)50/h5-10,13,15,26,28,30,42-43,48H,3-4,11-12,14,16-19H2,1-2H3,(H,45,47)(H,49,50)/t26-,28+,30-/m0/s1. The number of methoxy groups -OCH3 is 2. The molecule has 3 atom stereocenters. The van der Waals surface area contributed by atoms with Gasteiger partial charge in [0.05, 0.1) is 43.6 Å². The minimum absolute atomic E-state index is 0.0223. The molecule has 4 aromatic rings. The lowest BCUT2D eigenvalue weighted by molar-refractivity contribution is -0.141. The molecule has 0 amide bonds. The summed E-state index contributed by atoms with van der Waals surface area (Å²) in [6.45, 7) is -0.258. The van der Waals surface area contributed by atoms with Gasteiger partial charge in [-0.2, -0.15) is 18.2 Å². The van der Waals surface area contributed by atoms with E-state index in [1.807, 2.05) is 48.5 Å². The average molecular weight is 741 g/mol. The molecule has 52 heavy (non-hydrogen) atoms. The smallest absolute Gasteiger partial charge is 0.437 e. The molecule has 11 nitrogen and oxygen atoms in total. The average Bonchev–Trinajstić information content (AvgIpc) is 3.54. The monoisotopic (exact) mass is 740 g/mol. The minimum Gasteiger partial charge on any atom is -0.481 e. The highest BCUT2D eigenvalue weighted by Gasteiger charge is 2.39. The Morgan fingerprint density at radius 1 is 0.923 bits per heavy atom. The van der Waals surface area contributed by atoms with Crippen LogP contribution in [0.3, 0.4) is 0 Å². The van der Waals surface area contributed by atoms with Gasteiger partial charge in [0.2, 0.25) is 11.8 Å². The number of pyridine rings is 1. The van der Waals surface area contributed by atoms with E-state index in [1.54, 1.807) is 7.11 Å². The van der Waals surface area contributed by atoms with Crippen LogP contribution in [0.2, 0.25) is 5.02 Å². The van der Waals surface area contributed by atoms with E-state index in [2.05, 4.69) is 25.9 Å². The topological polar surface area (TPSA) is 151 Å². The molecule has 2 aliphatic carbocycles. The van der Waals surface area contributed by atoms with Gasteiger partial charge in [0.1, 0.15) is 5.69 Å². The molecule has 0 saturated heterocycles. The number of carboxylic acids is 1. The van der Waals surface area contributed by atoms with Gasteiger partial charge in [-0.05, 0) is 48.4 Å². The number of nitrogens with zero attached hydrogens (tertiary/aromatic N) is 3. The van der Waals surface area contributed by atoms with E-state index in [-0.39, 0.29) is 30.3 Å². The number of fused-ring (bicyclic) bond motifs is 1. The molecule has 2 heterocycles. The van der Waals surface area contributed by atoms with Crippen molar-refractivity contribution in [1.82, 2.24) is 25.6 Å². The van der Waals surface area contributed by atoms with Crippen molar-refractivity contribution in [2.75, 3.05) is 26.1 Å². The number of hydrogen-bond acceptors (Lipinski definition) is 10. The van der Waals surface area contributed by atoms with Crippen molar-refractivity contribution in [2.45, 2.75) is 76.0 Å². The third-order valence-corrected chi connectivity index (χ3v) is 9.93. The van der Waals surface area contributed by atoms with Crippen molar-refractivity contribution in [3.63, 3.8) is 0 Å². The summed E-state index contributed by atoms with van der Waals surface area (Å²) in [5.74, 6) is -1.35. The molecule has 2 aromatic heterocycles. The largest absolute Gasteiger partial charge is 0.481 e. The summed E-state index contributed by atoms with van der Waals surface area (Å²) in [5, 5.41) is 28.7. The van der Waals surface area contributed by atoms with Crippen LogP contribution >= 0.6 is 11.6 Å². The summed E-state index contributed by atoms with van der Waals surface area (Å²) in [7, 11) is 2.83. The Morgan fingerprint density at radius 3 is 2.38 bits per heavy atom. The SMILES string of the molecule is COc1nc(-c2cccc(-c3cccc4c3CC[C@@H]4Nc3nc(OC)c(CNCC(=O)O)nc3C(F)(F)F)c2Cl)ccc1CN[C@@H]1CCCC[C@@H]1O. The number of aliphatic carboxylic acids is 1. The van der Waals surface area contributed by atoms with E-state index in [9.17, 15) is 23.1 Å². The third kappa shape index (κ3) is 8.10. The number of aliphatic hydroxyl groups excluding tert-OH is 1. The maximum absolute atomic E-state index is 14.3. The Labute approximate surface area is 304 Å². The molecular formula is C37H40ClF3N6O5. The summed E-state index contributed by atoms with van der Waals surface area (Å²) in [6.07, 6.45) is -0.358. The van der Waals surface area contributed by atoms with Crippen molar-refractivity contribution in [2.24, 2.45) is 0 Å². The number of benzene rings is 2. The van der Waals surface area contributed by atoms with E-state index >= 15 is 0 Å². The van der Waals surface area contributed by atoms with Crippen LogP contribution in [0, 0.1) is 0 Å². The molecule has 2 aromatic carbocycles. The van der Waals surface area contributed by atoms with Crippen molar-refractivity contribution in [3.05, 3.63) is 81.6 Å². The highest BCUT2D eigenvalue weighted by molar-refractivity contribution is 6.36. The van der Waals surface area contributed by atoms with E-state index in [0.717, 1.165) is 53.5 Å². The van der Waals surface area contributed by atoms with Crippen LogP contribution < -0.4 is 25.4 Å². The van der Waals surface area contributed by atoms with Gasteiger partial charge in [-0.3, -0.25) is 4.79 Å². The van der Waals surface area contributed by atoms with Gasteiger partial charge in [0, 0.05) is 35.8 Å². The Morgan fingerprint density at radius 2 is 1.65 bits per heavy atom. The summed E-state index contributed by atoms with van der Waals surface area (Å²) < 4.78 is 53.6. The highest BCUT2D eigenvalue weighted by atomic mass is 35.5. The molecule has 0 unspecified atom stereocenters. The molecule has 0 bridgehead atoms. The van der Waals surface area contributed by atoms with Crippen LogP contribution in [0.1, 0.15) is 66.2 Å². The lowest BCUT2D eigenvalue weighted by Crippen LogP contribution is -2.41. The second-order valence-corrected chi connectivity index (χ2v) is 13.2. The molecular weight excluding hydrogens is 701 g/mol. The highest BCUT2D eigenvalue weighted by Crippen LogP contribution is 2.44. The molecule has 0 spiro atoms. The van der Waals surface area contributed by atoms with Crippen LogP contribution in [0.5, 0.6) is 11.8 Å². The number of alkyl halides is 3. The second-order valence-electron chi connectivity index (χ2n) is 12.9. The molecule has 276 valence electrons. The Balaban J connectivity index is 1.26. The Kier molecular flexibility index (Phi) is 11.5. The molecule has 1 fully saturated rings. The van der Waals surface area contributed by atoms with Gasteiger partial charge in [0.15, 0.2) is 11.5 Å². The zero-order valence-corrected chi connectivity index (χ0v) is 29.4. The summed E-state index contributed by atoms with van der Waals surface area (Å²) >= 11 is 7.10. The van der Waals surface area contributed by atoms with Gasteiger partial charge in [0.25, 0.3) is 0 Å². The van der Waals surface area contributed by atoms with Crippen molar-refractivity contribution < 1.29 is 37.7 Å². The summed E-state index contributed by atoms with van der Waals surface area (Å²) in [6, 6.07) is 14.7. The fraction of sp³-hybridized carbons (Fsp3) is 0.405. The number of carboxylic acid groups (broad SMARTS) is 1. The van der Waals surface area contributed by atoms with Crippen LogP contribution in [-0.4, -0.2) is 64.0 Å². The first-order valence-corrected chi connectivity index (χ1v) is 17.4. The summed E-state index contributed by atoms with van der Waals surface area (Å²) in [5.41, 5.74) is 4.14. The number of anilines is 1. The fourth-order valence-electron chi connectivity index (χ4n) is 7.00. The lowest BCUT2D eigenvalue weighted by Gasteiger charge is -2.28. The maximum atomic E-state index is 14.3. The zero-order valence-electron chi connectivity index (χ0n) is 28.7. The van der Waals surface area contributed by atoms with Crippen molar-refractivity contribution in [3.8, 4) is 34.1 Å². The quantitative estimate of drug-likeness (QED) is 0.101. The van der Waals surface area contributed by atoms with Crippen LogP contribution in [0.4, 0.5) is 19.0 Å². The van der Waals surface area contributed by atoms with Gasteiger partial charge in [-0.25, -0.2) is 9.97 Å². The van der Waals surface area contributed by atoms with Gasteiger partial charge in [-0.15, -0.1) is 0 Å². The zero-order chi connectivity index (χ0) is 37.0. The Hall–Kier alpha value is -4.50. The van der Waals surface area contributed by atoms with E-state index in [4.69, 9.17) is 31.2 Å². The first-order chi connectivity index (χ1) is 25.0. The lowest BCUT2D eigenvalue weighted by atomic mass is 9.92. The molecule has 15 heteroatoms. The molecule has 0 radical (unpaired) electrons. The number of ether oxygens (including phenoxy) is 2. The number of aromatic nitrogens is 3. The normalized spacial score (nSPS) is 18.6. The van der Waals surface area contributed by atoms with E-state index < -0.39 is 36.2 Å². The van der Waals surface area contributed by atoms with E-state index in [0.29, 0.717) is 41.5 Å². The first kappa shape index (κ1) is 37.3. The van der Waals surface area contributed by atoms with Crippen LogP contribution in [0.25, 0.3) is 22.4 Å². The number of hydrogen-bond donors (Lipinski definition) is 5. The number of nitrogens with one attached hydrogen (secondary N) is 3. The van der Waals surface area contributed by atoms with Crippen LogP contribution in [0.15, 0.2) is 48.5 Å². The fourth-order valence-corrected chi connectivity index (χ4v) is 7.32. The van der Waals surface area contributed by atoms with Crippen LogP contribution in [-0.2, 0) is 30.5 Å². The van der Waals surface area contributed by atoms with Crippen molar-refractivity contribution in [1.29, 1.82) is 0 Å². The maximum Gasteiger partial charge on any atom is 0.437 e. The number of aliphatic hydroxyl groups is 1. The summed E-state index contributed by atoms with van der Waals surface area (Å²) in [4.78, 5) is 23.6. The number of halogens is 4. The number of carbonyl (C=O) groups is 1. The minimum atomic E-state index is -4.84. The van der Waals surface area contributed by atoms with Gasteiger partial charge < -0.3 is 35.6 Å². The number of rotatable bonds is 13. The van der Waals surface area contributed by atoms with Crippen molar-refractivity contribution >= 4 is 23.4 Å².